The van der Waals surface area contributed by atoms with Gasteiger partial charge in [-0.15, -0.1) is 0 Å². The van der Waals surface area contributed by atoms with Gasteiger partial charge in [0.2, 0.25) is 0 Å². The van der Waals surface area contributed by atoms with E-state index in [4.69, 9.17) is 9.47 Å². The van der Waals surface area contributed by atoms with Crippen molar-refractivity contribution in [3.05, 3.63) is 54.1 Å². The number of hydrazone groups is 1. The molecule has 0 aliphatic heterocycles. The Bertz CT molecular complexity index is 597. The van der Waals surface area contributed by atoms with Gasteiger partial charge in [0.25, 0.3) is 0 Å². The molecule has 0 saturated heterocycles. The highest BCUT2D eigenvalue weighted by Gasteiger charge is 2.05. The van der Waals surface area contributed by atoms with E-state index in [0.717, 1.165) is 29.2 Å². The van der Waals surface area contributed by atoms with Gasteiger partial charge in [-0.1, -0.05) is 25.1 Å². The predicted molar refractivity (Wildman–Crippen MR) is 91.1 cm³/mol. The highest BCUT2D eigenvalue weighted by atomic mass is 16.5. The van der Waals surface area contributed by atoms with E-state index < -0.39 is 0 Å². The molecule has 0 fully saturated rings. The first-order valence-electron chi connectivity index (χ1n) is 7.57. The van der Waals surface area contributed by atoms with E-state index in [2.05, 4.69) is 17.5 Å². The Morgan fingerprint density at radius 3 is 2.55 bits per heavy atom. The molecule has 1 N–H and O–H groups in total. The molecule has 0 heterocycles. The van der Waals surface area contributed by atoms with Crippen LogP contribution in [0.3, 0.4) is 0 Å². The third-order valence-corrected chi connectivity index (χ3v) is 2.91. The molecular weight excluding hydrogens is 276 g/mol. The van der Waals surface area contributed by atoms with Crippen LogP contribution in [0.25, 0.3) is 0 Å². The van der Waals surface area contributed by atoms with Gasteiger partial charge in [0.15, 0.2) is 11.5 Å². The van der Waals surface area contributed by atoms with Crippen molar-refractivity contribution >= 4 is 11.9 Å². The van der Waals surface area contributed by atoms with Gasteiger partial charge in [0.05, 0.1) is 25.1 Å². The normalized spacial score (nSPS) is 10.6. The first kappa shape index (κ1) is 15.9. The number of anilines is 1. The minimum Gasteiger partial charge on any atom is -0.490 e. The second-order valence-electron chi connectivity index (χ2n) is 4.72. The molecule has 2 rings (SSSR count). The molecule has 0 spiro atoms. The van der Waals surface area contributed by atoms with Crippen LogP contribution in [-0.4, -0.2) is 19.4 Å². The summed E-state index contributed by atoms with van der Waals surface area (Å²) in [5.41, 5.74) is 4.90. The molecule has 0 bridgehead atoms. The summed E-state index contributed by atoms with van der Waals surface area (Å²) in [6.45, 7) is 5.33. The molecule has 0 amide bonds. The maximum Gasteiger partial charge on any atom is 0.161 e. The van der Waals surface area contributed by atoms with Crippen molar-refractivity contribution in [3.8, 4) is 11.5 Å². The number of ether oxygens (including phenoxy) is 2. The molecule has 0 radical (unpaired) electrons. The van der Waals surface area contributed by atoms with Crippen molar-refractivity contribution in [2.45, 2.75) is 20.3 Å². The Morgan fingerprint density at radius 1 is 1.00 bits per heavy atom. The molecule has 4 heteroatoms. The van der Waals surface area contributed by atoms with Gasteiger partial charge in [-0.05, 0) is 49.2 Å². The first-order chi connectivity index (χ1) is 10.8. The van der Waals surface area contributed by atoms with Crippen LogP contribution in [0.2, 0.25) is 0 Å². The molecule has 0 aliphatic carbocycles. The summed E-state index contributed by atoms with van der Waals surface area (Å²) in [4.78, 5) is 0. The van der Waals surface area contributed by atoms with E-state index in [9.17, 15) is 0 Å². The lowest BCUT2D eigenvalue weighted by Crippen LogP contribution is -2.00. The molecule has 116 valence electrons. The van der Waals surface area contributed by atoms with E-state index >= 15 is 0 Å². The summed E-state index contributed by atoms with van der Waals surface area (Å²) in [6, 6.07) is 15.6. The molecular formula is C18H22N2O2. The summed E-state index contributed by atoms with van der Waals surface area (Å²) in [7, 11) is 0. The highest BCUT2D eigenvalue weighted by Crippen LogP contribution is 2.28. The third kappa shape index (κ3) is 4.81. The molecule has 4 nitrogen and oxygen atoms in total. The lowest BCUT2D eigenvalue weighted by atomic mass is 10.2. The number of nitrogens with zero attached hydrogens (tertiary/aromatic N) is 1. The smallest absolute Gasteiger partial charge is 0.161 e. The van der Waals surface area contributed by atoms with Crippen LogP contribution >= 0.6 is 0 Å². The van der Waals surface area contributed by atoms with Crippen LogP contribution < -0.4 is 14.9 Å². The molecule has 0 aromatic heterocycles. The highest BCUT2D eigenvalue weighted by molar-refractivity contribution is 5.81. The SMILES string of the molecule is CCCOc1ccc(/C=N/Nc2ccccc2)cc1OCC. The number of rotatable bonds is 8. The van der Waals surface area contributed by atoms with Crippen LogP contribution in [0, 0.1) is 0 Å². The Labute approximate surface area is 131 Å². The largest absolute Gasteiger partial charge is 0.490 e. The van der Waals surface area contributed by atoms with Crippen LogP contribution in [-0.2, 0) is 0 Å². The van der Waals surface area contributed by atoms with Gasteiger partial charge in [0, 0.05) is 0 Å². The standard InChI is InChI=1S/C18H22N2O2/c1-3-12-22-17-11-10-15(13-18(17)21-4-2)14-19-20-16-8-6-5-7-9-16/h5-11,13-14,20H,3-4,12H2,1-2H3/b19-14+. The second kappa shape index (κ2) is 8.72. The molecule has 0 unspecified atom stereocenters. The monoisotopic (exact) mass is 298 g/mol. The molecule has 0 saturated carbocycles. The Hall–Kier alpha value is -2.49. The van der Waals surface area contributed by atoms with Crippen molar-refractivity contribution in [3.63, 3.8) is 0 Å². The topological polar surface area (TPSA) is 42.8 Å². The predicted octanol–water partition coefficient (Wildman–Crippen LogP) is 4.32. The molecule has 22 heavy (non-hydrogen) atoms. The zero-order chi connectivity index (χ0) is 15.6. The van der Waals surface area contributed by atoms with Crippen LogP contribution in [0.1, 0.15) is 25.8 Å². The minimum atomic E-state index is 0.603. The number of hydrogen-bond acceptors (Lipinski definition) is 4. The van der Waals surface area contributed by atoms with Gasteiger partial charge in [0.1, 0.15) is 0 Å². The quantitative estimate of drug-likeness (QED) is 0.583. The van der Waals surface area contributed by atoms with Gasteiger partial charge in [-0.25, -0.2) is 0 Å². The maximum atomic E-state index is 5.68. The summed E-state index contributed by atoms with van der Waals surface area (Å²) < 4.78 is 11.3. The summed E-state index contributed by atoms with van der Waals surface area (Å²) in [5, 5.41) is 4.23. The van der Waals surface area contributed by atoms with Crippen LogP contribution in [0.15, 0.2) is 53.6 Å². The Balaban J connectivity index is 2.05. The lowest BCUT2D eigenvalue weighted by Gasteiger charge is -2.11. The van der Waals surface area contributed by atoms with Gasteiger partial charge < -0.3 is 9.47 Å². The van der Waals surface area contributed by atoms with E-state index in [1.54, 1.807) is 6.21 Å². The van der Waals surface area contributed by atoms with E-state index in [0.29, 0.717) is 13.2 Å². The van der Waals surface area contributed by atoms with Crippen molar-refractivity contribution in [2.75, 3.05) is 18.6 Å². The number of para-hydroxylation sites is 1. The van der Waals surface area contributed by atoms with Gasteiger partial charge in [-0.3, -0.25) is 5.43 Å². The minimum absolute atomic E-state index is 0.603. The number of benzene rings is 2. The fourth-order valence-corrected chi connectivity index (χ4v) is 1.90. The lowest BCUT2D eigenvalue weighted by molar-refractivity contribution is 0.277. The molecule has 0 atom stereocenters. The Morgan fingerprint density at radius 2 is 1.82 bits per heavy atom. The first-order valence-corrected chi connectivity index (χ1v) is 7.57. The summed E-state index contributed by atoms with van der Waals surface area (Å²) in [6.07, 6.45) is 2.73. The zero-order valence-corrected chi connectivity index (χ0v) is 13.1. The van der Waals surface area contributed by atoms with E-state index in [1.165, 1.54) is 0 Å². The van der Waals surface area contributed by atoms with E-state index in [1.807, 2.05) is 55.5 Å². The van der Waals surface area contributed by atoms with Crippen LogP contribution in [0.4, 0.5) is 5.69 Å². The number of hydrogen-bond donors (Lipinski definition) is 1. The summed E-state index contributed by atoms with van der Waals surface area (Å²) in [5.74, 6) is 1.52. The molecule has 2 aromatic carbocycles. The van der Waals surface area contributed by atoms with Crippen molar-refractivity contribution in [2.24, 2.45) is 5.10 Å². The number of nitrogens with one attached hydrogen (secondary N) is 1. The average Bonchev–Trinajstić information content (AvgIpc) is 2.55. The average molecular weight is 298 g/mol. The van der Waals surface area contributed by atoms with Crippen molar-refractivity contribution < 1.29 is 9.47 Å². The fourth-order valence-electron chi connectivity index (χ4n) is 1.90. The fraction of sp³-hybridized carbons (Fsp3) is 0.278. The third-order valence-electron chi connectivity index (χ3n) is 2.91. The van der Waals surface area contributed by atoms with Gasteiger partial charge >= 0.3 is 0 Å². The van der Waals surface area contributed by atoms with Crippen LogP contribution in [0.5, 0.6) is 11.5 Å². The van der Waals surface area contributed by atoms with Crippen molar-refractivity contribution in [1.29, 1.82) is 0 Å². The van der Waals surface area contributed by atoms with Gasteiger partial charge in [-0.2, -0.15) is 5.10 Å². The van der Waals surface area contributed by atoms with E-state index in [-0.39, 0.29) is 0 Å². The van der Waals surface area contributed by atoms with Crippen molar-refractivity contribution in [1.82, 2.24) is 0 Å². The molecule has 0 aliphatic rings. The Kier molecular flexibility index (Phi) is 6.30. The maximum absolute atomic E-state index is 5.68. The summed E-state index contributed by atoms with van der Waals surface area (Å²) >= 11 is 0. The molecule has 2 aromatic rings. The second-order valence-corrected chi connectivity index (χ2v) is 4.72. The zero-order valence-electron chi connectivity index (χ0n) is 13.1.